The van der Waals surface area contributed by atoms with Crippen LogP contribution in [0.5, 0.6) is 0 Å². The maximum absolute atomic E-state index is 12.3. The first-order chi connectivity index (χ1) is 9.88. The minimum absolute atomic E-state index is 0.0411. The fraction of sp³-hybridized carbons (Fsp3) is 0.588. The highest BCUT2D eigenvalue weighted by Crippen LogP contribution is 2.17. The maximum atomic E-state index is 12.3. The van der Waals surface area contributed by atoms with E-state index in [4.69, 9.17) is 0 Å². The second-order valence-electron chi connectivity index (χ2n) is 6.73. The maximum Gasteiger partial charge on any atom is 0.317 e. The first kappa shape index (κ1) is 15.8. The minimum Gasteiger partial charge on any atom is -0.331 e. The molecule has 1 saturated heterocycles. The summed E-state index contributed by atoms with van der Waals surface area (Å²) in [6.45, 7) is 12.2. The van der Waals surface area contributed by atoms with Crippen LogP contribution >= 0.6 is 0 Å². The van der Waals surface area contributed by atoms with E-state index >= 15 is 0 Å². The number of nitrogens with one attached hydrogen (secondary N) is 1. The molecule has 0 aromatic heterocycles. The SMILES string of the molecule is CC(NC(=O)N1CCN(C(C)(C)C)CC1)c1ccccc1. The van der Waals surface area contributed by atoms with Crippen LogP contribution in [0.3, 0.4) is 0 Å². The normalized spacial score (nSPS) is 18.4. The Morgan fingerprint density at radius 1 is 1.10 bits per heavy atom. The van der Waals surface area contributed by atoms with Crippen molar-refractivity contribution in [3.8, 4) is 0 Å². The van der Waals surface area contributed by atoms with Gasteiger partial charge < -0.3 is 10.2 Å². The molecule has 1 aliphatic heterocycles. The number of amides is 2. The summed E-state index contributed by atoms with van der Waals surface area (Å²) in [5.74, 6) is 0. The molecule has 0 saturated carbocycles. The van der Waals surface area contributed by atoms with Gasteiger partial charge in [0.15, 0.2) is 0 Å². The number of piperazine rings is 1. The van der Waals surface area contributed by atoms with E-state index in [1.165, 1.54) is 0 Å². The molecule has 1 aromatic carbocycles. The Bertz CT molecular complexity index is 459. The van der Waals surface area contributed by atoms with Gasteiger partial charge in [-0.1, -0.05) is 30.3 Å². The van der Waals surface area contributed by atoms with Gasteiger partial charge in [0, 0.05) is 31.7 Å². The molecule has 1 heterocycles. The van der Waals surface area contributed by atoms with Crippen molar-refractivity contribution in [3.05, 3.63) is 35.9 Å². The van der Waals surface area contributed by atoms with E-state index in [-0.39, 0.29) is 17.6 Å². The minimum atomic E-state index is 0.0411. The van der Waals surface area contributed by atoms with Crippen molar-refractivity contribution in [2.24, 2.45) is 0 Å². The molecule has 1 N–H and O–H groups in total. The molecule has 116 valence electrons. The molecule has 2 rings (SSSR count). The van der Waals surface area contributed by atoms with Gasteiger partial charge in [-0.15, -0.1) is 0 Å². The van der Waals surface area contributed by atoms with E-state index in [0.29, 0.717) is 0 Å². The molecule has 21 heavy (non-hydrogen) atoms. The lowest BCUT2D eigenvalue weighted by Crippen LogP contribution is -2.56. The van der Waals surface area contributed by atoms with Crippen LogP contribution in [-0.4, -0.2) is 47.5 Å². The van der Waals surface area contributed by atoms with Gasteiger partial charge in [-0.2, -0.15) is 0 Å². The van der Waals surface area contributed by atoms with E-state index in [0.717, 1.165) is 31.7 Å². The van der Waals surface area contributed by atoms with E-state index < -0.39 is 0 Å². The van der Waals surface area contributed by atoms with E-state index in [1.54, 1.807) is 0 Å². The van der Waals surface area contributed by atoms with Crippen LogP contribution in [0.15, 0.2) is 30.3 Å². The number of nitrogens with zero attached hydrogens (tertiary/aromatic N) is 2. The molecule has 1 aromatic rings. The molecule has 2 amide bonds. The van der Waals surface area contributed by atoms with Crippen LogP contribution in [-0.2, 0) is 0 Å². The Morgan fingerprint density at radius 2 is 1.67 bits per heavy atom. The second kappa shape index (κ2) is 6.48. The van der Waals surface area contributed by atoms with E-state index in [2.05, 4.69) is 31.0 Å². The van der Waals surface area contributed by atoms with Crippen LogP contribution in [0, 0.1) is 0 Å². The molecule has 1 atom stereocenters. The van der Waals surface area contributed by atoms with Crippen LogP contribution < -0.4 is 5.32 Å². The molecule has 0 spiro atoms. The Morgan fingerprint density at radius 3 is 2.19 bits per heavy atom. The quantitative estimate of drug-likeness (QED) is 0.908. The van der Waals surface area contributed by atoms with Gasteiger partial charge in [-0.3, -0.25) is 4.90 Å². The number of hydrogen-bond donors (Lipinski definition) is 1. The smallest absolute Gasteiger partial charge is 0.317 e. The Kier molecular flexibility index (Phi) is 4.88. The summed E-state index contributed by atoms with van der Waals surface area (Å²) < 4.78 is 0. The molecule has 0 aliphatic carbocycles. The third-order valence-corrected chi connectivity index (χ3v) is 4.16. The molecule has 4 nitrogen and oxygen atoms in total. The van der Waals surface area contributed by atoms with E-state index in [9.17, 15) is 4.79 Å². The first-order valence-electron chi connectivity index (χ1n) is 7.73. The summed E-state index contributed by atoms with van der Waals surface area (Å²) >= 11 is 0. The third kappa shape index (κ3) is 4.21. The number of hydrogen-bond acceptors (Lipinski definition) is 2. The Hall–Kier alpha value is -1.55. The van der Waals surface area contributed by atoms with Gasteiger partial charge in [0.05, 0.1) is 6.04 Å². The Labute approximate surface area is 128 Å². The summed E-state index contributed by atoms with van der Waals surface area (Å²) in [5.41, 5.74) is 1.32. The van der Waals surface area contributed by atoms with Crippen molar-refractivity contribution in [1.82, 2.24) is 15.1 Å². The summed E-state index contributed by atoms with van der Waals surface area (Å²) in [5, 5.41) is 3.09. The Balaban J connectivity index is 1.85. The summed E-state index contributed by atoms with van der Waals surface area (Å²) in [6.07, 6.45) is 0. The lowest BCUT2D eigenvalue weighted by Gasteiger charge is -2.42. The number of benzene rings is 1. The zero-order chi connectivity index (χ0) is 15.5. The largest absolute Gasteiger partial charge is 0.331 e. The zero-order valence-electron chi connectivity index (χ0n) is 13.6. The highest BCUT2D eigenvalue weighted by Gasteiger charge is 2.28. The highest BCUT2D eigenvalue weighted by molar-refractivity contribution is 5.74. The average molecular weight is 289 g/mol. The van der Waals surface area contributed by atoms with Crippen molar-refractivity contribution in [1.29, 1.82) is 0 Å². The van der Waals surface area contributed by atoms with Gasteiger partial charge in [0.1, 0.15) is 0 Å². The molecular formula is C17H27N3O. The number of urea groups is 1. The van der Waals surface area contributed by atoms with Crippen molar-refractivity contribution in [2.75, 3.05) is 26.2 Å². The van der Waals surface area contributed by atoms with Gasteiger partial charge >= 0.3 is 6.03 Å². The molecule has 4 heteroatoms. The zero-order valence-corrected chi connectivity index (χ0v) is 13.6. The van der Waals surface area contributed by atoms with Crippen LogP contribution in [0.2, 0.25) is 0 Å². The van der Waals surface area contributed by atoms with Crippen LogP contribution in [0.1, 0.15) is 39.3 Å². The van der Waals surface area contributed by atoms with Gasteiger partial charge in [0.25, 0.3) is 0 Å². The molecule has 1 unspecified atom stereocenters. The monoisotopic (exact) mass is 289 g/mol. The predicted octanol–water partition coefficient (Wildman–Crippen LogP) is 2.87. The first-order valence-corrected chi connectivity index (χ1v) is 7.73. The fourth-order valence-electron chi connectivity index (χ4n) is 2.68. The standard InChI is InChI=1S/C17H27N3O/c1-14(15-8-6-5-7-9-15)18-16(21)19-10-12-20(13-11-19)17(2,3)4/h5-9,14H,10-13H2,1-4H3,(H,18,21). The van der Waals surface area contributed by atoms with Crippen molar-refractivity contribution >= 4 is 6.03 Å². The lowest BCUT2D eigenvalue weighted by molar-refractivity contribution is 0.0737. The van der Waals surface area contributed by atoms with Gasteiger partial charge in [-0.05, 0) is 33.3 Å². The van der Waals surface area contributed by atoms with Gasteiger partial charge in [0.2, 0.25) is 0 Å². The van der Waals surface area contributed by atoms with Crippen LogP contribution in [0.4, 0.5) is 4.79 Å². The average Bonchev–Trinajstić information content (AvgIpc) is 2.47. The topological polar surface area (TPSA) is 35.6 Å². The molecule has 1 aliphatic rings. The third-order valence-electron chi connectivity index (χ3n) is 4.16. The summed E-state index contributed by atoms with van der Waals surface area (Å²) in [4.78, 5) is 16.7. The summed E-state index contributed by atoms with van der Waals surface area (Å²) in [7, 11) is 0. The van der Waals surface area contributed by atoms with Gasteiger partial charge in [-0.25, -0.2) is 4.79 Å². The van der Waals surface area contributed by atoms with Crippen LogP contribution in [0.25, 0.3) is 0 Å². The molecule has 0 radical (unpaired) electrons. The predicted molar refractivity (Wildman–Crippen MR) is 86.3 cm³/mol. The lowest BCUT2D eigenvalue weighted by atomic mass is 10.1. The number of rotatable bonds is 2. The number of carbonyl (C=O) groups is 1. The molecule has 0 bridgehead atoms. The van der Waals surface area contributed by atoms with Crippen molar-refractivity contribution in [3.63, 3.8) is 0 Å². The second-order valence-corrected chi connectivity index (χ2v) is 6.73. The van der Waals surface area contributed by atoms with Crippen molar-refractivity contribution < 1.29 is 4.79 Å². The molecular weight excluding hydrogens is 262 g/mol. The summed E-state index contributed by atoms with van der Waals surface area (Å²) in [6, 6.07) is 10.2. The fourth-order valence-corrected chi connectivity index (χ4v) is 2.68. The van der Waals surface area contributed by atoms with E-state index in [1.807, 2.05) is 42.2 Å². The molecule has 1 fully saturated rings. The van der Waals surface area contributed by atoms with Crippen molar-refractivity contribution in [2.45, 2.75) is 39.3 Å². The number of carbonyl (C=O) groups excluding carboxylic acids is 1. The highest BCUT2D eigenvalue weighted by atomic mass is 16.2.